The fourth-order valence-corrected chi connectivity index (χ4v) is 0.202. The van der Waals surface area contributed by atoms with Crippen LogP contribution in [-0.2, 0) is 24.0 Å². The summed E-state index contributed by atoms with van der Waals surface area (Å²) in [4.78, 5) is 32.7. The van der Waals surface area contributed by atoms with Crippen molar-refractivity contribution < 1.29 is 24.0 Å². The van der Waals surface area contributed by atoms with E-state index in [4.69, 9.17) is 0 Å². The summed E-state index contributed by atoms with van der Waals surface area (Å²) in [5.74, 6) is 2.73. The summed E-state index contributed by atoms with van der Waals surface area (Å²) in [6.45, 7) is 3.60. The zero-order valence-electron chi connectivity index (χ0n) is 7.12. The molecule has 0 radical (unpaired) electrons. The number of carbonyl (C=O) groups is 3. The van der Waals surface area contributed by atoms with E-state index < -0.39 is 17.9 Å². The molecule has 0 rings (SSSR count). The highest BCUT2D eigenvalue weighted by Crippen LogP contribution is 1.73. The van der Waals surface area contributed by atoms with Gasteiger partial charge in [0, 0.05) is 20.8 Å². The third-order valence-electron chi connectivity index (χ3n) is 0.453. The summed E-state index contributed by atoms with van der Waals surface area (Å²) in [6.07, 6.45) is 0. The van der Waals surface area contributed by atoms with Gasteiger partial charge in [0.2, 0.25) is 0 Å². The minimum absolute atomic E-state index is 0.468. The number of esters is 2. The molecule has 0 aromatic heterocycles. The Morgan fingerprint density at radius 3 is 1.17 bits per heavy atom. The fourth-order valence-electron chi connectivity index (χ4n) is 0.202. The van der Waals surface area contributed by atoms with Gasteiger partial charge in [-0.1, -0.05) is 0 Å². The van der Waals surface area contributed by atoms with Crippen LogP contribution in [0.25, 0.3) is 0 Å². The van der Waals surface area contributed by atoms with Crippen molar-refractivity contribution in [1.29, 1.82) is 0 Å². The number of nitrogens with two attached hydrogens (primary N) is 1. The highest BCUT2D eigenvalue weighted by Gasteiger charge is 1.93. The van der Waals surface area contributed by atoms with Gasteiger partial charge in [-0.3, -0.25) is 14.4 Å². The van der Waals surface area contributed by atoms with Gasteiger partial charge >= 0.3 is 17.9 Å². The Balaban J connectivity index is 0. The summed E-state index contributed by atoms with van der Waals surface area (Å²) in [5, 5.41) is 0. The third kappa shape index (κ3) is 23.5. The zero-order valence-corrected chi connectivity index (χ0v) is 7.12. The summed E-state index contributed by atoms with van der Waals surface area (Å²) in [7, 11) is 0. The second-order valence-electron chi connectivity index (χ2n) is 1.69. The lowest BCUT2D eigenvalue weighted by Crippen LogP contribution is -2.03. The fraction of sp³-hybridized carbons (Fsp3) is 0.500. The Morgan fingerprint density at radius 2 is 1.17 bits per heavy atom. The predicted molar refractivity (Wildman–Crippen MR) is 38.4 cm³/mol. The summed E-state index contributed by atoms with van der Waals surface area (Å²) in [6, 6.07) is 0. The van der Waals surface area contributed by atoms with E-state index in [0.717, 1.165) is 0 Å². The van der Waals surface area contributed by atoms with E-state index in [1.165, 1.54) is 20.8 Å². The summed E-state index contributed by atoms with van der Waals surface area (Å²) >= 11 is 0. The Morgan fingerprint density at radius 1 is 0.917 bits per heavy atom. The average Bonchev–Trinajstić information content (AvgIpc) is 1.85. The molecule has 0 heterocycles. The van der Waals surface area contributed by atoms with E-state index in [-0.39, 0.29) is 0 Å². The molecule has 0 bridgehead atoms. The van der Waals surface area contributed by atoms with Crippen molar-refractivity contribution in [3.63, 3.8) is 0 Å². The monoisotopic (exact) mass is 177 g/mol. The molecule has 0 atom stereocenters. The lowest BCUT2D eigenvalue weighted by Gasteiger charge is -1.87. The van der Waals surface area contributed by atoms with Crippen molar-refractivity contribution in [2.45, 2.75) is 20.8 Å². The quantitative estimate of drug-likeness (QED) is 0.305. The molecular weight excluding hydrogens is 166 g/mol. The van der Waals surface area contributed by atoms with E-state index >= 15 is 0 Å². The number of rotatable bonds is 0. The van der Waals surface area contributed by atoms with Gasteiger partial charge in [0.25, 0.3) is 0 Å². The van der Waals surface area contributed by atoms with Gasteiger partial charge in [0.15, 0.2) is 0 Å². The Kier molecular flexibility index (Phi) is 8.43. The third-order valence-corrected chi connectivity index (χ3v) is 0.453. The van der Waals surface area contributed by atoms with E-state index in [1.807, 2.05) is 0 Å². The highest BCUT2D eigenvalue weighted by molar-refractivity contribution is 5.82. The number of hydrogen-bond donors (Lipinski definition) is 1. The molecule has 0 unspecified atom stereocenters. The molecule has 6 nitrogen and oxygen atoms in total. The molecule has 0 amide bonds. The molecule has 0 saturated heterocycles. The lowest BCUT2D eigenvalue weighted by molar-refractivity contribution is -0.156. The molecule has 0 aromatic rings. The van der Waals surface area contributed by atoms with Gasteiger partial charge in [0.1, 0.15) is 0 Å². The first-order chi connectivity index (χ1) is 5.40. The maximum absolute atomic E-state index is 9.81. The van der Waals surface area contributed by atoms with Crippen molar-refractivity contribution in [2.24, 2.45) is 5.90 Å². The molecule has 2 N–H and O–H groups in total. The molecule has 12 heavy (non-hydrogen) atoms. The molecule has 0 aromatic carbocycles. The van der Waals surface area contributed by atoms with Crippen molar-refractivity contribution in [1.82, 2.24) is 0 Å². The molecule has 0 saturated carbocycles. The minimum atomic E-state index is -0.562. The maximum atomic E-state index is 9.81. The Labute approximate surface area is 69.6 Å². The van der Waals surface area contributed by atoms with E-state index in [1.54, 1.807) is 0 Å². The lowest BCUT2D eigenvalue weighted by atomic mass is 10.7. The molecule has 0 aliphatic carbocycles. The van der Waals surface area contributed by atoms with Gasteiger partial charge in [0.05, 0.1) is 0 Å². The van der Waals surface area contributed by atoms with Crippen LogP contribution >= 0.6 is 0 Å². The van der Waals surface area contributed by atoms with Gasteiger partial charge in [-0.25, -0.2) is 0 Å². The highest BCUT2D eigenvalue weighted by atomic mass is 16.7. The van der Waals surface area contributed by atoms with Crippen LogP contribution in [0.3, 0.4) is 0 Å². The van der Waals surface area contributed by atoms with Crippen LogP contribution in [0.15, 0.2) is 0 Å². The first-order valence-electron chi connectivity index (χ1n) is 2.96. The van der Waals surface area contributed by atoms with Gasteiger partial charge in [-0.15, -0.1) is 0 Å². The SMILES string of the molecule is CC(=O)OC(C)=O.CC(=O)ON. The summed E-state index contributed by atoms with van der Waals surface area (Å²) in [5.41, 5.74) is 0. The van der Waals surface area contributed by atoms with E-state index in [0.29, 0.717) is 0 Å². The number of hydrogen-bond acceptors (Lipinski definition) is 6. The van der Waals surface area contributed by atoms with Gasteiger partial charge < -0.3 is 9.57 Å². The second kappa shape index (κ2) is 7.67. The summed E-state index contributed by atoms with van der Waals surface area (Å²) < 4.78 is 3.97. The zero-order chi connectivity index (χ0) is 10.1. The number of carbonyl (C=O) groups excluding carboxylic acids is 3. The van der Waals surface area contributed by atoms with Crippen molar-refractivity contribution in [3.05, 3.63) is 0 Å². The van der Waals surface area contributed by atoms with Crippen LogP contribution in [-0.4, -0.2) is 17.9 Å². The largest absolute Gasteiger partial charge is 0.394 e. The topological polar surface area (TPSA) is 95.7 Å². The number of ether oxygens (including phenoxy) is 1. The molecule has 6 heteroatoms. The van der Waals surface area contributed by atoms with E-state index in [9.17, 15) is 14.4 Å². The van der Waals surface area contributed by atoms with Crippen LogP contribution < -0.4 is 5.90 Å². The second-order valence-corrected chi connectivity index (χ2v) is 1.69. The molecule has 0 aliphatic rings. The minimum Gasteiger partial charge on any atom is -0.394 e. The molecule has 70 valence electrons. The van der Waals surface area contributed by atoms with Crippen LogP contribution in [0.4, 0.5) is 0 Å². The van der Waals surface area contributed by atoms with Crippen LogP contribution in [0.1, 0.15) is 20.8 Å². The molecule has 0 fully saturated rings. The molecule has 0 aliphatic heterocycles. The average molecular weight is 177 g/mol. The standard InChI is InChI=1S/C4H6O3.C2H5NO2/c1-3(5)7-4(2)6;1-2(4)5-3/h1-2H3;3H2,1H3. The first-order valence-corrected chi connectivity index (χ1v) is 2.96. The van der Waals surface area contributed by atoms with Crippen LogP contribution in [0.5, 0.6) is 0 Å². The van der Waals surface area contributed by atoms with E-state index in [2.05, 4.69) is 15.5 Å². The normalized spacial score (nSPS) is 7.33. The maximum Gasteiger partial charge on any atom is 0.321 e. The Hall–Kier alpha value is -1.43. The smallest absolute Gasteiger partial charge is 0.321 e. The van der Waals surface area contributed by atoms with Gasteiger partial charge in [-0.05, 0) is 0 Å². The van der Waals surface area contributed by atoms with Crippen molar-refractivity contribution in [2.75, 3.05) is 0 Å². The molecule has 0 spiro atoms. The first kappa shape index (κ1) is 13.2. The van der Waals surface area contributed by atoms with Crippen LogP contribution in [0, 0.1) is 0 Å². The van der Waals surface area contributed by atoms with Crippen molar-refractivity contribution in [3.8, 4) is 0 Å². The predicted octanol–water partition coefficient (Wildman–Crippen LogP) is -0.481. The Bertz CT molecular complexity index is 165. The van der Waals surface area contributed by atoms with Crippen molar-refractivity contribution >= 4 is 17.9 Å². The van der Waals surface area contributed by atoms with Crippen LogP contribution in [0.2, 0.25) is 0 Å². The van der Waals surface area contributed by atoms with Gasteiger partial charge in [-0.2, -0.15) is 5.90 Å². The molecular formula is C6H11NO5.